The maximum absolute atomic E-state index is 9.53. The van der Waals surface area contributed by atoms with Crippen LogP contribution in [0.2, 0.25) is 0 Å². The lowest BCUT2D eigenvalue weighted by Crippen LogP contribution is -3.00. The van der Waals surface area contributed by atoms with E-state index < -0.39 is 0 Å². The summed E-state index contributed by atoms with van der Waals surface area (Å²) in [7, 11) is 1.64. The van der Waals surface area contributed by atoms with E-state index in [9.17, 15) is 5.11 Å². The summed E-state index contributed by atoms with van der Waals surface area (Å²) in [5.74, 6) is 0.780. The standard InChI is InChI=1S/C14H16NO2.ClH/c1-17-13-8-5-9-15(10-13)14(11-16)12-6-3-2-4-7-12;/h2-10,14,16H,11H2,1H3;1H/q+1;/p-1. The van der Waals surface area contributed by atoms with Gasteiger partial charge in [0.2, 0.25) is 12.2 Å². The molecule has 1 atom stereocenters. The Balaban J connectivity index is 0.00000162. The molecule has 1 aromatic carbocycles. The Bertz CT molecular complexity index is 476. The average Bonchev–Trinajstić information content (AvgIpc) is 2.41. The van der Waals surface area contributed by atoms with E-state index in [1.807, 2.05) is 59.4 Å². The summed E-state index contributed by atoms with van der Waals surface area (Å²) in [5, 5.41) is 9.53. The number of hydrogen-bond donors (Lipinski definition) is 1. The van der Waals surface area contributed by atoms with Gasteiger partial charge in [0.05, 0.1) is 7.11 Å². The molecule has 3 nitrogen and oxygen atoms in total. The van der Waals surface area contributed by atoms with Crippen LogP contribution in [0, 0.1) is 0 Å². The fraction of sp³-hybridized carbons (Fsp3) is 0.214. The second-order valence-electron chi connectivity index (χ2n) is 3.80. The Morgan fingerprint density at radius 2 is 1.89 bits per heavy atom. The minimum absolute atomic E-state index is 0. The lowest BCUT2D eigenvalue weighted by atomic mass is 10.1. The first-order valence-electron chi connectivity index (χ1n) is 5.55. The lowest BCUT2D eigenvalue weighted by molar-refractivity contribution is -0.715. The van der Waals surface area contributed by atoms with Gasteiger partial charge in [-0.15, -0.1) is 0 Å². The summed E-state index contributed by atoms with van der Waals surface area (Å²) in [6, 6.07) is 13.6. The van der Waals surface area contributed by atoms with Crippen LogP contribution in [-0.2, 0) is 0 Å². The molecule has 18 heavy (non-hydrogen) atoms. The minimum atomic E-state index is -0.0775. The molecule has 2 aromatic rings. The van der Waals surface area contributed by atoms with Crippen LogP contribution in [0.3, 0.4) is 0 Å². The Morgan fingerprint density at radius 1 is 1.17 bits per heavy atom. The number of nitrogens with zero attached hydrogens (tertiary/aromatic N) is 1. The zero-order chi connectivity index (χ0) is 12.1. The van der Waals surface area contributed by atoms with Crippen molar-refractivity contribution in [3.05, 3.63) is 60.4 Å². The molecule has 0 saturated carbocycles. The van der Waals surface area contributed by atoms with Crippen LogP contribution in [0.5, 0.6) is 5.75 Å². The van der Waals surface area contributed by atoms with Crippen LogP contribution >= 0.6 is 0 Å². The van der Waals surface area contributed by atoms with Gasteiger partial charge in [-0.3, -0.25) is 0 Å². The van der Waals surface area contributed by atoms with E-state index in [4.69, 9.17) is 4.74 Å². The summed E-state index contributed by atoms with van der Waals surface area (Å²) in [6.07, 6.45) is 3.81. The van der Waals surface area contributed by atoms with Crippen LogP contribution in [0.15, 0.2) is 54.9 Å². The molecule has 0 aliphatic rings. The van der Waals surface area contributed by atoms with E-state index in [2.05, 4.69) is 0 Å². The summed E-state index contributed by atoms with van der Waals surface area (Å²) in [4.78, 5) is 0. The van der Waals surface area contributed by atoms with Gasteiger partial charge in [-0.1, -0.05) is 30.3 Å². The lowest BCUT2D eigenvalue weighted by Gasteiger charge is -2.10. The average molecular weight is 266 g/mol. The molecule has 0 fully saturated rings. The van der Waals surface area contributed by atoms with E-state index in [0.29, 0.717) is 0 Å². The predicted octanol–water partition coefficient (Wildman–Crippen LogP) is -1.43. The van der Waals surface area contributed by atoms with Crippen LogP contribution in [0.25, 0.3) is 0 Å². The maximum Gasteiger partial charge on any atom is 0.211 e. The summed E-state index contributed by atoms with van der Waals surface area (Å²) in [5.41, 5.74) is 1.08. The zero-order valence-corrected chi connectivity index (χ0v) is 10.9. The molecule has 1 N–H and O–H groups in total. The van der Waals surface area contributed by atoms with Gasteiger partial charge in [0.25, 0.3) is 0 Å². The molecule has 0 saturated heterocycles. The monoisotopic (exact) mass is 265 g/mol. The first-order chi connectivity index (χ1) is 8.35. The van der Waals surface area contributed by atoms with Crippen molar-refractivity contribution < 1.29 is 26.8 Å². The van der Waals surface area contributed by atoms with E-state index in [1.165, 1.54) is 0 Å². The molecule has 0 aliphatic heterocycles. The maximum atomic E-state index is 9.53. The van der Waals surface area contributed by atoms with Crippen molar-refractivity contribution >= 4 is 0 Å². The van der Waals surface area contributed by atoms with Crippen molar-refractivity contribution in [2.24, 2.45) is 0 Å². The molecule has 1 unspecified atom stereocenters. The summed E-state index contributed by atoms with van der Waals surface area (Å²) in [6.45, 7) is 0.0574. The Morgan fingerprint density at radius 3 is 2.50 bits per heavy atom. The minimum Gasteiger partial charge on any atom is -1.00 e. The zero-order valence-electron chi connectivity index (χ0n) is 10.2. The number of aliphatic hydroxyl groups excluding tert-OH is 1. The first-order valence-corrected chi connectivity index (χ1v) is 5.55. The number of aliphatic hydroxyl groups is 1. The number of halogens is 1. The molecule has 0 bridgehead atoms. The highest BCUT2D eigenvalue weighted by Gasteiger charge is 2.19. The molecular weight excluding hydrogens is 250 g/mol. The van der Waals surface area contributed by atoms with E-state index in [1.54, 1.807) is 7.11 Å². The van der Waals surface area contributed by atoms with Gasteiger partial charge < -0.3 is 22.3 Å². The molecule has 2 rings (SSSR count). The van der Waals surface area contributed by atoms with Gasteiger partial charge in [-0.05, 0) is 6.07 Å². The van der Waals surface area contributed by atoms with Crippen molar-refractivity contribution in [1.82, 2.24) is 0 Å². The van der Waals surface area contributed by atoms with Crippen molar-refractivity contribution in [2.75, 3.05) is 13.7 Å². The van der Waals surface area contributed by atoms with E-state index >= 15 is 0 Å². The van der Waals surface area contributed by atoms with E-state index in [-0.39, 0.29) is 25.1 Å². The third-order valence-electron chi connectivity index (χ3n) is 2.75. The van der Waals surface area contributed by atoms with Gasteiger partial charge >= 0.3 is 0 Å². The molecule has 0 aliphatic carbocycles. The van der Waals surface area contributed by atoms with E-state index in [0.717, 1.165) is 11.3 Å². The number of ether oxygens (including phenoxy) is 1. The number of benzene rings is 1. The topological polar surface area (TPSA) is 33.3 Å². The summed E-state index contributed by atoms with van der Waals surface area (Å²) < 4.78 is 7.14. The van der Waals surface area contributed by atoms with Crippen LogP contribution in [0.1, 0.15) is 11.6 Å². The summed E-state index contributed by atoms with van der Waals surface area (Å²) >= 11 is 0. The fourth-order valence-corrected chi connectivity index (χ4v) is 1.83. The molecule has 1 aromatic heterocycles. The van der Waals surface area contributed by atoms with Gasteiger partial charge in [0, 0.05) is 11.6 Å². The van der Waals surface area contributed by atoms with Crippen molar-refractivity contribution in [3.8, 4) is 5.75 Å². The van der Waals surface area contributed by atoms with Crippen molar-refractivity contribution in [1.29, 1.82) is 0 Å². The van der Waals surface area contributed by atoms with Gasteiger partial charge in [0.15, 0.2) is 11.9 Å². The molecule has 1 heterocycles. The third kappa shape index (κ3) is 3.22. The predicted molar refractivity (Wildman–Crippen MR) is 64.9 cm³/mol. The largest absolute Gasteiger partial charge is 1.00 e. The molecule has 0 amide bonds. The number of aromatic nitrogens is 1. The molecule has 0 radical (unpaired) electrons. The van der Waals surface area contributed by atoms with Gasteiger partial charge in [-0.25, -0.2) is 0 Å². The molecular formula is C14H16ClNO2. The second kappa shape index (κ2) is 6.99. The highest BCUT2D eigenvalue weighted by atomic mass is 35.5. The Labute approximate surface area is 113 Å². The van der Waals surface area contributed by atoms with Crippen LogP contribution in [-0.4, -0.2) is 18.8 Å². The van der Waals surface area contributed by atoms with Gasteiger partial charge in [0.1, 0.15) is 6.61 Å². The van der Waals surface area contributed by atoms with Gasteiger partial charge in [-0.2, -0.15) is 4.57 Å². The second-order valence-corrected chi connectivity index (χ2v) is 3.80. The Kier molecular flexibility index (Phi) is 5.62. The first kappa shape index (κ1) is 14.5. The number of rotatable bonds is 4. The Hall–Kier alpha value is -1.58. The van der Waals surface area contributed by atoms with Crippen LogP contribution in [0.4, 0.5) is 0 Å². The quantitative estimate of drug-likeness (QED) is 0.688. The highest BCUT2D eigenvalue weighted by Crippen LogP contribution is 2.13. The SMILES string of the molecule is COc1ccc[n+](C(CO)c2ccccc2)c1.[Cl-]. The molecule has 0 spiro atoms. The molecule has 4 heteroatoms. The van der Waals surface area contributed by atoms with Crippen molar-refractivity contribution in [2.45, 2.75) is 6.04 Å². The third-order valence-corrected chi connectivity index (χ3v) is 2.75. The number of methoxy groups -OCH3 is 1. The van der Waals surface area contributed by atoms with Crippen molar-refractivity contribution in [3.63, 3.8) is 0 Å². The highest BCUT2D eigenvalue weighted by molar-refractivity contribution is 5.18. The normalized spacial score (nSPS) is 11.4. The number of hydrogen-bond acceptors (Lipinski definition) is 2. The smallest absolute Gasteiger partial charge is 0.211 e. The number of pyridine rings is 1. The molecule has 96 valence electrons. The van der Waals surface area contributed by atoms with Crippen LogP contribution < -0.4 is 21.7 Å². The fourth-order valence-electron chi connectivity index (χ4n) is 1.83.